The van der Waals surface area contributed by atoms with E-state index in [9.17, 15) is 0 Å². The lowest BCUT2D eigenvalue weighted by Crippen LogP contribution is -2.44. The molecule has 0 aromatic rings. The summed E-state index contributed by atoms with van der Waals surface area (Å²) in [6.07, 6.45) is 9.85. The van der Waals surface area contributed by atoms with Crippen LogP contribution >= 0.6 is 0 Å². The first kappa shape index (κ1) is 12.4. The minimum absolute atomic E-state index is 0.730. The average Bonchev–Trinajstić information content (AvgIpc) is 2.96. The van der Waals surface area contributed by atoms with E-state index < -0.39 is 0 Å². The summed E-state index contributed by atoms with van der Waals surface area (Å²) < 4.78 is 0. The Kier molecular flexibility index (Phi) is 4.66. The minimum atomic E-state index is 0.730. The third-order valence-corrected chi connectivity index (χ3v) is 4.52. The summed E-state index contributed by atoms with van der Waals surface area (Å²) in [7, 11) is 0. The van der Waals surface area contributed by atoms with E-state index in [-0.39, 0.29) is 0 Å². The van der Waals surface area contributed by atoms with E-state index >= 15 is 0 Å². The minimum Gasteiger partial charge on any atom is -0.312 e. The number of rotatable bonds is 5. The first-order valence-electron chi connectivity index (χ1n) is 7.30. The molecule has 2 rings (SSSR count). The van der Waals surface area contributed by atoms with Crippen LogP contribution in [0, 0.1) is 0 Å². The Hall–Kier alpha value is -0.0800. The summed E-state index contributed by atoms with van der Waals surface area (Å²) in [6.45, 7) is 7.25. The molecule has 0 amide bonds. The summed E-state index contributed by atoms with van der Waals surface area (Å²) >= 11 is 0. The van der Waals surface area contributed by atoms with Gasteiger partial charge in [0.05, 0.1) is 0 Å². The number of hydrogen-bond donors (Lipinski definition) is 1. The summed E-state index contributed by atoms with van der Waals surface area (Å²) in [5.41, 5.74) is 0. The number of hydrogen-bond acceptors (Lipinski definition) is 2. The van der Waals surface area contributed by atoms with Crippen molar-refractivity contribution in [1.82, 2.24) is 10.2 Å². The van der Waals surface area contributed by atoms with Gasteiger partial charge in [0.2, 0.25) is 0 Å². The zero-order valence-electron chi connectivity index (χ0n) is 11.0. The van der Waals surface area contributed by atoms with Crippen molar-refractivity contribution in [2.75, 3.05) is 13.1 Å². The quantitative estimate of drug-likeness (QED) is 0.772. The zero-order valence-corrected chi connectivity index (χ0v) is 11.0. The smallest absolute Gasteiger partial charge is 0.0195 e. The lowest BCUT2D eigenvalue weighted by atomic mass is 10.1. The van der Waals surface area contributed by atoms with Crippen LogP contribution in [0.15, 0.2) is 0 Å². The van der Waals surface area contributed by atoms with Crippen LogP contribution in [0.3, 0.4) is 0 Å². The Morgan fingerprint density at radius 2 is 1.94 bits per heavy atom. The van der Waals surface area contributed by atoms with Gasteiger partial charge in [-0.1, -0.05) is 19.8 Å². The van der Waals surface area contributed by atoms with E-state index in [0.29, 0.717) is 0 Å². The van der Waals surface area contributed by atoms with E-state index in [2.05, 4.69) is 24.1 Å². The maximum absolute atomic E-state index is 3.76. The summed E-state index contributed by atoms with van der Waals surface area (Å²) in [5.74, 6) is 0. The van der Waals surface area contributed by atoms with E-state index in [0.717, 1.165) is 18.1 Å². The molecule has 0 radical (unpaired) electrons. The van der Waals surface area contributed by atoms with Gasteiger partial charge in [0, 0.05) is 24.7 Å². The summed E-state index contributed by atoms with van der Waals surface area (Å²) in [4.78, 5) is 2.72. The van der Waals surface area contributed by atoms with Gasteiger partial charge in [-0.2, -0.15) is 0 Å². The predicted octanol–water partition coefficient (Wildman–Crippen LogP) is 2.78. The van der Waals surface area contributed by atoms with E-state index in [1.165, 1.54) is 58.0 Å². The highest BCUT2D eigenvalue weighted by Gasteiger charge is 2.27. The highest BCUT2D eigenvalue weighted by Crippen LogP contribution is 2.23. The summed E-state index contributed by atoms with van der Waals surface area (Å²) in [6, 6.07) is 2.42. The molecule has 2 heteroatoms. The molecular weight excluding hydrogens is 196 g/mol. The van der Waals surface area contributed by atoms with E-state index in [1.807, 2.05) is 0 Å². The van der Waals surface area contributed by atoms with Crippen molar-refractivity contribution in [3.63, 3.8) is 0 Å². The molecule has 0 spiro atoms. The second-order valence-corrected chi connectivity index (χ2v) is 5.68. The molecule has 0 aromatic heterocycles. The van der Waals surface area contributed by atoms with Crippen LogP contribution in [-0.4, -0.2) is 36.1 Å². The van der Waals surface area contributed by atoms with Crippen LogP contribution in [-0.2, 0) is 0 Å². The molecule has 0 aromatic carbocycles. The number of nitrogens with zero attached hydrogens (tertiary/aromatic N) is 1. The molecule has 2 nitrogen and oxygen atoms in total. The van der Waals surface area contributed by atoms with Crippen LogP contribution in [0.2, 0.25) is 0 Å². The standard InChI is InChI=1S/C14H28N2/c1-3-14-9-6-10-16(14)12(2)11-15-13-7-4-5-8-13/h12-15H,3-11H2,1-2H3. The first-order chi connectivity index (χ1) is 7.81. The molecule has 2 aliphatic rings. The fourth-order valence-electron chi connectivity index (χ4n) is 3.46. The lowest BCUT2D eigenvalue weighted by molar-refractivity contribution is 0.180. The highest BCUT2D eigenvalue weighted by atomic mass is 15.2. The molecule has 2 fully saturated rings. The van der Waals surface area contributed by atoms with Gasteiger partial charge in [-0.05, 0) is 45.6 Å². The Balaban J connectivity index is 1.71. The fourth-order valence-corrected chi connectivity index (χ4v) is 3.46. The monoisotopic (exact) mass is 224 g/mol. The number of nitrogens with one attached hydrogen (secondary N) is 1. The zero-order chi connectivity index (χ0) is 11.4. The molecule has 1 aliphatic heterocycles. The van der Waals surface area contributed by atoms with Gasteiger partial charge in [-0.25, -0.2) is 0 Å². The molecule has 0 bridgehead atoms. The van der Waals surface area contributed by atoms with Crippen molar-refractivity contribution < 1.29 is 0 Å². The van der Waals surface area contributed by atoms with Crippen molar-refractivity contribution in [3.8, 4) is 0 Å². The number of likely N-dealkylation sites (tertiary alicyclic amines) is 1. The third-order valence-electron chi connectivity index (χ3n) is 4.52. The van der Waals surface area contributed by atoms with Crippen molar-refractivity contribution in [3.05, 3.63) is 0 Å². The fraction of sp³-hybridized carbons (Fsp3) is 1.00. The van der Waals surface area contributed by atoms with Gasteiger partial charge in [0.15, 0.2) is 0 Å². The molecule has 16 heavy (non-hydrogen) atoms. The van der Waals surface area contributed by atoms with Crippen molar-refractivity contribution in [2.45, 2.75) is 76.9 Å². The second-order valence-electron chi connectivity index (χ2n) is 5.68. The van der Waals surface area contributed by atoms with Gasteiger partial charge >= 0.3 is 0 Å². The molecule has 2 atom stereocenters. The van der Waals surface area contributed by atoms with E-state index in [1.54, 1.807) is 0 Å². The van der Waals surface area contributed by atoms with E-state index in [4.69, 9.17) is 0 Å². The Morgan fingerprint density at radius 3 is 2.62 bits per heavy atom. The lowest BCUT2D eigenvalue weighted by Gasteiger charge is -2.31. The average molecular weight is 224 g/mol. The molecule has 94 valence electrons. The van der Waals surface area contributed by atoms with Crippen LogP contribution in [0.25, 0.3) is 0 Å². The third kappa shape index (κ3) is 2.98. The van der Waals surface area contributed by atoms with Crippen molar-refractivity contribution >= 4 is 0 Å². The molecule has 1 heterocycles. The highest BCUT2D eigenvalue weighted by molar-refractivity contribution is 4.84. The SMILES string of the molecule is CCC1CCCN1C(C)CNC1CCCC1. The molecule has 1 saturated carbocycles. The molecular formula is C14H28N2. The van der Waals surface area contributed by atoms with Crippen LogP contribution in [0.5, 0.6) is 0 Å². The van der Waals surface area contributed by atoms with Gasteiger partial charge in [0.25, 0.3) is 0 Å². The van der Waals surface area contributed by atoms with Gasteiger partial charge in [-0.15, -0.1) is 0 Å². The normalized spacial score (nSPS) is 30.0. The van der Waals surface area contributed by atoms with Crippen molar-refractivity contribution in [1.29, 1.82) is 0 Å². The Bertz CT molecular complexity index is 199. The molecule has 2 unspecified atom stereocenters. The maximum Gasteiger partial charge on any atom is 0.0195 e. The summed E-state index contributed by atoms with van der Waals surface area (Å²) in [5, 5.41) is 3.76. The predicted molar refractivity (Wildman–Crippen MR) is 69.7 cm³/mol. The van der Waals surface area contributed by atoms with Crippen LogP contribution < -0.4 is 5.32 Å². The molecule has 1 N–H and O–H groups in total. The second kappa shape index (κ2) is 6.02. The van der Waals surface area contributed by atoms with Crippen LogP contribution in [0.1, 0.15) is 58.8 Å². The Morgan fingerprint density at radius 1 is 1.19 bits per heavy atom. The topological polar surface area (TPSA) is 15.3 Å². The largest absolute Gasteiger partial charge is 0.312 e. The molecule has 1 aliphatic carbocycles. The first-order valence-corrected chi connectivity index (χ1v) is 7.30. The van der Waals surface area contributed by atoms with Crippen LogP contribution in [0.4, 0.5) is 0 Å². The maximum atomic E-state index is 3.76. The van der Waals surface area contributed by atoms with Crippen molar-refractivity contribution in [2.24, 2.45) is 0 Å². The molecule has 1 saturated heterocycles. The van der Waals surface area contributed by atoms with Gasteiger partial charge in [-0.3, -0.25) is 4.90 Å². The van der Waals surface area contributed by atoms with Gasteiger partial charge in [0.1, 0.15) is 0 Å². The Labute approximate surface area is 101 Å². The van der Waals surface area contributed by atoms with Gasteiger partial charge < -0.3 is 5.32 Å².